The SMILES string of the molecule is O=C(O)c1cccnc1Nc1c(C(=O)O)cnc2ccc(OC(F)(F)F)cc12. The maximum atomic E-state index is 12.5. The molecular formula is C17H10F3N3O5. The number of hydrogen-bond donors (Lipinski definition) is 3. The Balaban J connectivity index is 2.20. The highest BCUT2D eigenvalue weighted by Gasteiger charge is 2.31. The maximum Gasteiger partial charge on any atom is 0.573 e. The van der Waals surface area contributed by atoms with Crippen molar-refractivity contribution in [1.82, 2.24) is 9.97 Å². The number of benzene rings is 1. The molecule has 0 unspecified atom stereocenters. The number of hydrogen-bond acceptors (Lipinski definition) is 6. The molecule has 2 heterocycles. The average Bonchev–Trinajstić information content (AvgIpc) is 2.60. The Hall–Kier alpha value is -3.89. The Kier molecular flexibility index (Phi) is 4.74. The lowest BCUT2D eigenvalue weighted by molar-refractivity contribution is -0.274. The summed E-state index contributed by atoms with van der Waals surface area (Å²) < 4.78 is 41.4. The van der Waals surface area contributed by atoms with Crippen LogP contribution in [0.15, 0.2) is 42.7 Å². The van der Waals surface area contributed by atoms with E-state index in [0.717, 1.165) is 18.3 Å². The topological polar surface area (TPSA) is 122 Å². The first-order chi connectivity index (χ1) is 13.2. The number of carbonyl (C=O) groups is 2. The minimum Gasteiger partial charge on any atom is -0.478 e. The number of halogens is 3. The predicted molar refractivity (Wildman–Crippen MR) is 89.9 cm³/mol. The quantitative estimate of drug-likeness (QED) is 0.600. The molecule has 0 atom stereocenters. The average molecular weight is 393 g/mol. The van der Waals surface area contributed by atoms with Crippen LogP contribution in [0.25, 0.3) is 10.9 Å². The molecule has 28 heavy (non-hydrogen) atoms. The van der Waals surface area contributed by atoms with Crippen LogP contribution in [0.5, 0.6) is 5.75 Å². The number of anilines is 2. The number of aromatic carboxylic acids is 2. The van der Waals surface area contributed by atoms with Crippen molar-refractivity contribution in [3.05, 3.63) is 53.9 Å². The summed E-state index contributed by atoms with van der Waals surface area (Å²) >= 11 is 0. The second-order valence-corrected chi connectivity index (χ2v) is 5.41. The van der Waals surface area contributed by atoms with E-state index in [4.69, 9.17) is 0 Å². The van der Waals surface area contributed by atoms with Crippen LogP contribution < -0.4 is 10.1 Å². The maximum absolute atomic E-state index is 12.5. The summed E-state index contributed by atoms with van der Waals surface area (Å²) in [4.78, 5) is 30.7. The highest BCUT2D eigenvalue weighted by atomic mass is 19.4. The fourth-order valence-electron chi connectivity index (χ4n) is 2.46. The molecule has 0 radical (unpaired) electrons. The van der Waals surface area contributed by atoms with Crippen LogP contribution in [0, 0.1) is 0 Å². The second kappa shape index (κ2) is 7.02. The molecule has 3 N–H and O–H groups in total. The van der Waals surface area contributed by atoms with Gasteiger partial charge >= 0.3 is 18.3 Å². The lowest BCUT2D eigenvalue weighted by Crippen LogP contribution is -2.17. The zero-order valence-corrected chi connectivity index (χ0v) is 13.7. The lowest BCUT2D eigenvalue weighted by atomic mass is 10.1. The zero-order valence-electron chi connectivity index (χ0n) is 13.7. The number of carboxylic acids is 2. The van der Waals surface area contributed by atoms with Crippen molar-refractivity contribution in [2.24, 2.45) is 0 Å². The second-order valence-electron chi connectivity index (χ2n) is 5.41. The summed E-state index contributed by atoms with van der Waals surface area (Å²) in [5.74, 6) is -3.53. The van der Waals surface area contributed by atoms with Crippen LogP contribution >= 0.6 is 0 Å². The standard InChI is InChI=1S/C17H10F3N3O5/c18-17(19,20)28-8-3-4-12-10(6-8)13(11(7-22-12)16(26)27)23-14-9(15(24)25)2-1-5-21-14/h1-7H,(H,24,25)(H,26,27)(H,21,22,23). The van der Waals surface area contributed by atoms with E-state index in [1.165, 1.54) is 24.4 Å². The van der Waals surface area contributed by atoms with Crippen molar-refractivity contribution in [2.45, 2.75) is 6.36 Å². The fourth-order valence-corrected chi connectivity index (χ4v) is 2.46. The van der Waals surface area contributed by atoms with Gasteiger partial charge in [0.1, 0.15) is 22.7 Å². The Morgan fingerprint density at radius 2 is 1.75 bits per heavy atom. The fraction of sp³-hybridized carbons (Fsp3) is 0.0588. The number of carboxylic acid groups (broad SMARTS) is 2. The Labute approximate surface area is 154 Å². The Morgan fingerprint density at radius 3 is 2.39 bits per heavy atom. The van der Waals surface area contributed by atoms with Crippen molar-refractivity contribution < 1.29 is 37.7 Å². The molecule has 0 saturated carbocycles. The molecule has 1 aromatic carbocycles. The number of pyridine rings is 2. The minimum atomic E-state index is -4.95. The third kappa shape index (κ3) is 3.92. The van der Waals surface area contributed by atoms with Gasteiger partial charge in [0.25, 0.3) is 0 Å². The number of rotatable bonds is 5. The monoisotopic (exact) mass is 393 g/mol. The largest absolute Gasteiger partial charge is 0.573 e. The molecule has 0 amide bonds. The Bertz CT molecular complexity index is 1090. The van der Waals surface area contributed by atoms with Crippen molar-refractivity contribution in [2.75, 3.05) is 5.32 Å². The molecule has 0 fully saturated rings. The first-order valence-corrected chi connectivity index (χ1v) is 7.53. The molecular weight excluding hydrogens is 383 g/mol. The van der Waals surface area contributed by atoms with Crippen LogP contribution in [0.4, 0.5) is 24.7 Å². The van der Waals surface area contributed by atoms with E-state index in [2.05, 4.69) is 20.0 Å². The molecule has 3 aromatic rings. The first-order valence-electron chi connectivity index (χ1n) is 7.53. The van der Waals surface area contributed by atoms with Crippen molar-refractivity contribution in [1.29, 1.82) is 0 Å². The Morgan fingerprint density at radius 1 is 1.04 bits per heavy atom. The van der Waals surface area contributed by atoms with Gasteiger partial charge in [-0.3, -0.25) is 4.98 Å². The van der Waals surface area contributed by atoms with E-state index in [1.807, 2.05) is 0 Å². The third-order valence-corrected chi connectivity index (χ3v) is 3.58. The molecule has 0 saturated heterocycles. The number of aromatic nitrogens is 2. The van der Waals surface area contributed by atoms with Gasteiger partial charge < -0.3 is 20.3 Å². The summed E-state index contributed by atoms with van der Waals surface area (Å²) in [5.41, 5.74) is -0.661. The molecule has 0 bridgehead atoms. The molecule has 144 valence electrons. The highest BCUT2D eigenvalue weighted by molar-refractivity contribution is 6.06. The number of ether oxygens (including phenoxy) is 1. The summed E-state index contributed by atoms with van der Waals surface area (Å²) in [6.45, 7) is 0. The van der Waals surface area contributed by atoms with E-state index >= 15 is 0 Å². The highest BCUT2D eigenvalue weighted by Crippen LogP contribution is 2.33. The number of fused-ring (bicyclic) bond motifs is 1. The number of nitrogens with zero attached hydrogens (tertiary/aromatic N) is 2. The molecule has 0 aliphatic heterocycles. The zero-order chi connectivity index (χ0) is 20.5. The van der Waals surface area contributed by atoms with Gasteiger partial charge in [0.2, 0.25) is 0 Å². The van der Waals surface area contributed by atoms with Gasteiger partial charge in [-0.2, -0.15) is 0 Å². The van der Waals surface area contributed by atoms with Gasteiger partial charge in [0, 0.05) is 17.8 Å². The van der Waals surface area contributed by atoms with Gasteiger partial charge in [-0.25, -0.2) is 14.6 Å². The number of nitrogens with one attached hydrogen (secondary N) is 1. The lowest BCUT2D eigenvalue weighted by Gasteiger charge is -2.15. The summed E-state index contributed by atoms with van der Waals surface area (Å²) in [7, 11) is 0. The van der Waals surface area contributed by atoms with E-state index in [0.29, 0.717) is 0 Å². The van der Waals surface area contributed by atoms with Crippen molar-refractivity contribution in [3.8, 4) is 5.75 Å². The van der Waals surface area contributed by atoms with E-state index in [9.17, 15) is 33.0 Å². The van der Waals surface area contributed by atoms with E-state index in [-0.39, 0.29) is 28.0 Å². The van der Waals surface area contributed by atoms with Crippen LogP contribution in [0.3, 0.4) is 0 Å². The van der Waals surface area contributed by atoms with Crippen molar-refractivity contribution >= 4 is 34.3 Å². The smallest absolute Gasteiger partial charge is 0.478 e. The van der Waals surface area contributed by atoms with E-state index in [1.54, 1.807) is 0 Å². The molecule has 0 aliphatic rings. The van der Waals surface area contributed by atoms with Crippen LogP contribution in [0.1, 0.15) is 20.7 Å². The van der Waals surface area contributed by atoms with Crippen molar-refractivity contribution in [3.63, 3.8) is 0 Å². The van der Waals surface area contributed by atoms with Gasteiger partial charge in [-0.1, -0.05) is 0 Å². The molecule has 8 nitrogen and oxygen atoms in total. The minimum absolute atomic E-state index is 0.0244. The normalized spacial score (nSPS) is 11.2. The molecule has 3 rings (SSSR count). The third-order valence-electron chi connectivity index (χ3n) is 3.58. The van der Waals surface area contributed by atoms with Crippen LogP contribution in [0.2, 0.25) is 0 Å². The molecule has 0 aliphatic carbocycles. The van der Waals surface area contributed by atoms with E-state index < -0.39 is 29.6 Å². The molecule has 11 heteroatoms. The van der Waals surface area contributed by atoms with Gasteiger partial charge in [-0.15, -0.1) is 13.2 Å². The first kappa shape index (κ1) is 18.9. The van der Waals surface area contributed by atoms with Crippen LogP contribution in [-0.2, 0) is 0 Å². The summed E-state index contributed by atoms with van der Waals surface area (Å²) in [6.07, 6.45) is -2.67. The van der Waals surface area contributed by atoms with Gasteiger partial charge in [0.05, 0.1) is 11.2 Å². The molecule has 2 aromatic heterocycles. The van der Waals surface area contributed by atoms with Gasteiger partial charge in [0.15, 0.2) is 0 Å². The summed E-state index contributed by atoms with van der Waals surface area (Å²) in [6, 6.07) is 5.79. The summed E-state index contributed by atoms with van der Waals surface area (Å²) in [5, 5.41) is 21.2. The predicted octanol–water partition coefficient (Wildman–Crippen LogP) is 3.67. The number of alkyl halides is 3. The van der Waals surface area contributed by atoms with Crippen LogP contribution in [-0.4, -0.2) is 38.5 Å². The van der Waals surface area contributed by atoms with Gasteiger partial charge in [-0.05, 0) is 30.3 Å². The molecule has 0 spiro atoms.